The molecule has 4 bridgehead atoms. The number of amides is 2. The van der Waals surface area contributed by atoms with Crippen LogP contribution in [0.1, 0.15) is 51.9 Å². The molecule has 5 aliphatic rings. The molecule has 0 spiro atoms. The fraction of sp³-hybridized carbons (Fsp3) is 0.875. The SMILES string of the molecule is CC(NC1CC(=O)NC1=O)C12CC3CC(CC(C3)C1)C2. The summed E-state index contributed by atoms with van der Waals surface area (Å²) in [5, 5.41) is 5.89. The van der Waals surface area contributed by atoms with Crippen LogP contribution >= 0.6 is 0 Å². The van der Waals surface area contributed by atoms with E-state index >= 15 is 0 Å². The van der Waals surface area contributed by atoms with Crippen molar-refractivity contribution in [2.75, 3.05) is 0 Å². The zero-order valence-electron chi connectivity index (χ0n) is 12.2. The monoisotopic (exact) mass is 276 g/mol. The molecule has 2 amide bonds. The number of hydrogen-bond acceptors (Lipinski definition) is 3. The van der Waals surface area contributed by atoms with E-state index in [0.29, 0.717) is 17.9 Å². The van der Waals surface area contributed by atoms with Gasteiger partial charge in [-0.05, 0) is 68.6 Å². The smallest absolute Gasteiger partial charge is 0.244 e. The summed E-state index contributed by atoms with van der Waals surface area (Å²) >= 11 is 0. The Morgan fingerprint density at radius 1 is 1.10 bits per heavy atom. The Kier molecular flexibility index (Phi) is 2.75. The molecule has 4 nitrogen and oxygen atoms in total. The second kappa shape index (κ2) is 4.30. The molecule has 4 saturated carbocycles. The van der Waals surface area contributed by atoms with Crippen LogP contribution in [-0.2, 0) is 9.59 Å². The summed E-state index contributed by atoms with van der Waals surface area (Å²) in [4.78, 5) is 23.1. The molecule has 4 aliphatic carbocycles. The fourth-order valence-corrected chi connectivity index (χ4v) is 5.87. The second-order valence-corrected chi connectivity index (χ2v) is 7.84. The molecule has 0 aromatic carbocycles. The molecule has 0 aromatic rings. The average Bonchev–Trinajstić information content (AvgIpc) is 2.66. The van der Waals surface area contributed by atoms with Crippen LogP contribution in [0.2, 0.25) is 0 Å². The first-order valence-corrected chi connectivity index (χ1v) is 8.14. The average molecular weight is 276 g/mol. The van der Waals surface area contributed by atoms with Gasteiger partial charge < -0.3 is 5.32 Å². The van der Waals surface area contributed by atoms with Crippen LogP contribution in [0.4, 0.5) is 0 Å². The first kappa shape index (κ1) is 12.8. The first-order chi connectivity index (χ1) is 9.54. The highest BCUT2D eigenvalue weighted by atomic mass is 16.2. The highest BCUT2D eigenvalue weighted by Crippen LogP contribution is 2.61. The quantitative estimate of drug-likeness (QED) is 0.770. The fourth-order valence-electron chi connectivity index (χ4n) is 5.87. The molecule has 1 aliphatic heterocycles. The maximum Gasteiger partial charge on any atom is 0.244 e. The van der Waals surface area contributed by atoms with E-state index in [9.17, 15) is 9.59 Å². The van der Waals surface area contributed by atoms with Crippen molar-refractivity contribution in [3.8, 4) is 0 Å². The molecule has 0 aromatic heterocycles. The summed E-state index contributed by atoms with van der Waals surface area (Å²) in [6.45, 7) is 2.24. The Morgan fingerprint density at radius 3 is 2.10 bits per heavy atom. The lowest BCUT2D eigenvalue weighted by Gasteiger charge is -2.59. The number of rotatable bonds is 3. The first-order valence-electron chi connectivity index (χ1n) is 8.14. The summed E-state index contributed by atoms with van der Waals surface area (Å²) in [5.41, 5.74) is 0.390. The van der Waals surface area contributed by atoms with Gasteiger partial charge in [0, 0.05) is 6.04 Å². The molecular weight excluding hydrogens is 252 g/mol. The maximum atomic E-state index is 11.8. The Bertz CT molecular complexity index is 424. The Balaban J connectivity index is 1.49. The zero-order valence-corrected chi connectivity index (χ0v) is 12.2. The molecule has 5 rings (SSSR count). The second-order valence-electron chi connectivity index (χ2n) is 7.84. The minimum Gasteiger partial charge on any atom is -0.302 e. The third-order valence-corrected chi connectivity index (χ3v) is 6.42. The van der Waals surface area contributed by atoms with Gasteiger partial charge in [0.15, 0.2) is 0 Å². The third kappa shape index (κ3) is 1.92. The van der Waals surface area contributed by atoms with Crippen molar-refractivity contribution in [3.05, 3.63) is 0 Å². The molecule has 2 unspecified atom stereocenters. The van der Waals surface area contributed by atoms with Crippen LogP contribution in [0.25, 0.3) is 0 Å². The van der Waals surface area contributed by atoms with E-state index in [-0.39, 0.29) is 17.9 Å². The minimum atomic E-state index is -0.300. The summed E-state index contributed by atoms with van der Waals surface area (Å²) in [5.74, 6) is 2.50. The lowest BCUT2D eigenvalue weighted by molar-refractivity contribution is -0.125. The number of carbonyl (C=O) groups is 2. The van der Waals surface area contributed by atoms with Gasteiger partial charge in [0.1, 0.15) is 0 Å². The van der Waals surface area contributed by atoms with Gasteiger partial charge in [0.05, 0.1) is 12.5 Å². The van der Waals surface area contributed by atoms with Gasteiger partial charge in [-0.3, -0.25) is 14.9 Å². The van der Waals surface area contributed by atoms with Gasteiger partial charge in [-0.15, -0.1) is 0 Å². The van der Waals surface area contributed by atoms with E-state index in [1.165, 1.54) is 38.5 Å². The van der Waals surface area contributed by atoms with Crippen molar-refractivity contribution >= 4 is 11.8 Å². The largest absolute Gasteiger partial charge is 0.302 e. The third-order valence-electron chi connectivity index (χ3n) is 6.42. The topological polar surface area (TPSA) is 58.2 Å². The van der Waals surface area contributed by atoms with Crippen molar-refractivity contribution in [1.29, 1.82) is 0 Å². The van der Waals surface area contributed by atoms with Crippen molar-refractivity contribution in [1.82, 2.24) is 10.6 Å². The summed E-state index contributed by atoms with van der Waals surface area (Å²) in [6.07, 6.45) is 8.62. The van der Waals surface area contributed by atoms with E-state index in [0.717, 1.165) is 17.8 Å². The Hall–Kier alpha value is -0.900. The van der Waals surface area contributed by atoms with Crippen LogP contribution in [0, 0.1) is 23.2 Å². The van der Waals surface area contributed by atoms with Crippen LogP contribution in [0.5, 0.6) is 0 Å². The summed E-state index contributed by atoms with van der Waals surface area (Å²) < 4.78 is 0. The van der Waals surface area contributed by atoms with Crippen molar-refractivity contribution in [3.63, 3.8) is 0 Å². The predicted molar refractivity (Wildman–Crippen MR) is 74.8 cm³/mol. The van der Waals surface area contributed by atoms with Gasteiger partial charge in [0.2, 0.25) is 11.8 Å². The summed E-state index contributed by atoms with van der Waals surface area (Å²) in [6, 6.07) is 0.0445. The van der Waals surface area contributed by atoms with Gasteiger partial charge in [0.25, 0.3) is 0 Å². The minimum absolute atomic E-state index is 0.133. The predicted octanol–water partition coefficient (Wildman–Crippen LogP) is 1.60. The maximum absolute atomic E-state index is 11.8. The van der Waals surface area contributed by atoms with Gasteiger partial charge >= 0.3 is 0 Å². The molecular formula is C16H24N2O2. The van der Waals surface area contributed by atoms with Gasteiger partial charge in [-0.2, -0.15) is 0 Å². The van der Waals surface area contributed by atoms with E-state index in [2.05, 4.69) is 17.6 Å². The molecule has 1 heterocycles. The molecule has 4 heteroatoms. The van der Waals surface area contributed by atoms with E-state index < -0.39 is 0 Å². The number of imide groups is 1. The molecule has 20 heavy (non-hydrogen) atoms. The van der Waals surface area contributed by atoms with E-state index in [1.54, 1.807) is 0 Å². The van der Waals surface area contributed by atoms with Crippen LogP contribution in [0.15, 0.2) is 0 Å². The van der Waals surface area contributed by atoms with Crippen molar-refractivity contribution in [2.45, 2.75) is 64.0 Å². The van der Waals surface area contributed by atoms with E-state index in [4.69, 9.17) is 0 Å². The van der Waals surface area contributed by atoms with Gasteiger partial charge in [-0.25, -0.2) is 0 Å². The molecule has 0 radical (unpaired) electrons. The Labute approximate surface area is 120 Å². The molecule has 2 atom stereocenters. The lowest BCUT2D eigenvalue weighted by Crippen LogP contribution is -2.57. The Morgan fingerprint density at radius 2 is 1.65 bits per heavy atom. The lowest BCUT2D eigenvalue weighted by atomic mass is 9.48. The molecule has 110 valence electrons. The standard InChI is InChI=1S/C16H24N2O2/c1-9(17-13-5-14(19)18-15(13)20)16-6-10-2-11(7-16)4-12(3-10)8-16/h9-13,17H,2-8H2,1H3,(H,18,19,20). The van der Waals surface area contributed by atoms with Crippen LogP contribution in [0.3, 0.4) is 0 Å². The highest BCUT2D eigenvalue weighted by Gasteiger charge is 2.53. The molecule has 1 saturated heterocycles. The normalized spacial score (nSPS) is 47.6. The van der Waals surface area contributed by atoms with Crippen molar-refractivity contribution < 1.29 is 9.59 Å². The number of nitrogens with one attached hydrogen (secondary N) is 2. The molecule has 5 fully saturated rings. The zero-order chi connectivity index (χ0) is 13.9. The van der Waals surface area contributed by atoms with E-state index in [1.807, 2.05) is 0 Å². The summed E-state index contributed by atoms with van der Waals surface area (Å²) in [7, 11) is 0. The van der Waals surface area contributed by atoms with Crippen molar-refractivity contribution in [2.24, 2.45) is 23.2 Å². The number of hydrogen-bond donors (Lipinski definition) is 2. The van der Waals surface area contributed by atoms with Crippen LogP contribution < -0.4 is 10.6 Å². The number of carbonyl (C=O) groups excluding carboxylic acids is 2. The highest BCUT2D eigenvalue weighted by molar-refractivity contribution is 6.05. The van der Waals surface area contributed by atoms with Gasteiger partial charge in [-0.1, -0.05) is 0 Å². The molecule has 2 N–H and O–H groups in total. The van der Waals surface area contributed by atoms with Crippen LogP contribution in [-0.4, -0.2) is 23.9 Å².